The highest BCUT2D eigenvalue weighted by Gasteiger charge is 2.59. The number of carboxylic acids is 1. The second-order valence-electron chi connectivity index (χ2n) is 7.36. The van der Waals surface area contributed by atoms with Crippen LogP contribution in [0.1, 0.15) is 29.8 Å². The number of amides is 1. The first-order chi connectivity index (χ1) is 13.1. The van der Waals surface area contributed by atoms with Crippen molar-refractivity contribution in [3.63, 3.8) is 0 Å². The predicted molar refractivity (Wildman–Crippen MR) is 97.0 cm³/mol. The number of fused-ring (bicyclic) bond motifs is 1. The number of aromatic nitrogens is 1. The van der Waals surface area contributed by atoms with E-state index < -0.39 is 5.97 Å². The Kier molecular flexibility index (Phi) is 3.65. The van der Waals surface area contributed by atoms with E-state index in [4.69, 9.17) is 9.47 Å². The summed E-state index contributed by atoms with van der Waals surface area (Å²) in [6, 6.07) is 5.63. The number of hydrogen-bond donors (Lipinski definition) is 1. The van der Waals surface area contributed by atoms with Crippen LogP contribution in [0.2, 0.25) is 0 Å². The highest BCUT2D eigenvalue weighted by molar-refractivity contribution is 7.13. The standard InChI is InChI=1S/C19H18N2O5S/c22-17(21-5-3-19(4-6-21)8-12(19)18(23)24)13-9-27-16(20-13)11-1-2-14-15(7-11)26-10-25-14/h1-2,7,9,12H,3-6,8,10H2,(H,23,24). The van der Waals surface area contributed by atoms with E-state index in [-0.39, 0.29) is 24.0 Å². The van der Waals surface area contributed by atoms with Gasteiger partial charge in [-0.05, 0) is 42.9 Å². The van der Waals surface area contributed by atoms with E-state index in [1.165, 1.54) is 11.3 Å². The van der Waals surface area contributed by atoms with E-state index in [0.717, 1.165) is 29.8 Å². The Labute approximate surface area is 159 Å². The number of carbonyl (C=O) groups excluding carboxylic acids is 1. The van der Waals surface area contributed by atoms with Crippen LogP contribution < -0.4 is 9.47 Å². The molecule has 7 nitrogen and oxygen atoms in total. The maximum Gasteiger partial charge on any atom is 0.307 e. The predicted octanol–water partition coefficient (Wildman–Crippen LogP) is 2.87. The average Bonchev–Trinajstić information content (AvgIpc) is 3.06. The van der Waals surface area contributed by atoms with Gasteiger partial charge in [-0.25, -0.2) is 4.98 Å². The molecule has 2 aliphatic heterocycles. The zero-order valence-corrected chi connectivity index (χ0v) is 15.3. The molecule has 3 heterocycles. The van der Waals surface area contributed by atoms with Crippen LogP contribution in [-0.2, 0) is 4.79 Å². The largest absolute Gasteiger partial charge is 0.481 e. The van der Waals surface area contributed by atoms with Gasteiger partial charge in [-0.2, -0.15) is 0 Å². The molecule has 0 bridgehead atoms. The maximum absolute atomic E-state index is 12.8. The Hall–Kier alpha value is -2.61. The lowest BCUT2D eigenvalue weighted by molar-refractivity contribution is -0.139. The number of aliphatic carboxylic acids is 1. The fraction of sp³-hybridized carbons (Fsp3) is 0.421. The van der Waals surface area contributed by atoms with E-state index in [1.54, 1.807) is 10.3 Å². The molecule has 8 heteroatoms. The Morgan fingerprint density at radius 1 is 1.22 bits per heavy atom. The first kappa shape index (κ1) is 16.6. The third-order valence-corrected chi connectivity index (χ3v) is 6.77. The highest BCUT2D eigenvalue weighted by Crippen LogP contribution is 2.59. The number of benzene rings is 1. The van der Waals surface area contributed by atoms with Crippen LogP contribution in [0.3, 0.4) is 0 Å². The van der Waals surface area contributed by atoms with E-state index in [9.17, 15) is 14.7 Å². The van der Waals surface area contributed by atoms with Gasteiger partial charge in [0.05, 0.1) is 5.92 Å². The summed E-state index contributed by atoms with van der Waals surface area (Å²) in [6.07, 6.45) is 2.26. The number of thiazole rings is 1. The SMILES string of the molecule is O=C(O)C1CC12CCN(C(=O)c1csc(-c3ccc4c(c3)OCO4)n1)CC2. The molecular formula is C19H18N2O5S. The van der Waals surface area contributed by atoms with Crippen LogP contribution >= 0.6 is 11.3 Å². The second-order valence-corrected chi connectivity index (χ2v) is 8.21. The molecule has 140 valence electrons. The lowest BCUT2D eigenvalue weighted by atomic mass is 9.90. The molecule has 1 N–H and O–H groups in total. The van der Waals surface area contributed by atoms with Crippen LogP contribution in [0.15, 0.2) is 23.6 Å². The van der Waals surface area contributed by atoms with Crippen molar-refractivity contribution in [1.29, 1.82) is 0 Å². The number of nitrogens with zero attached hydrogens (tertiary/aromatic N) is 2. The van der Waals surface area contributed by atoms with E-state index in [1.807, 2.05) is 18.2 Å². The summed E-state index contributed by atoms with van der Waals surface area (Å²) in [5.74, 6) is 0.387. The fourth-order valence-electron chi connectivity index (χ4n) is 4.10. The zero-order valence-electron chi connectivity index (χ0n) is 14.5. The molecule has 2 aromatic rings. The van der Waals surface area contributed by atoms with Gasteiger partial charge in [0.15, 0.2) is 11.5 Å². The van der Waals surface area contributed by atoms with E-state index >= 15 is 0 Å². The van der Waals surface area contributed by atoms with E-state index in [2.05, 4.69) is 4.98 Å². The molecule has 5 rings (SSSR count). The Balaban J connectivity index is 1.28. The molecule has 1 amide bonds. The van der Waals surface area contributed by atoms with Gasteiger partial charge >= 0.3 is 5.97 Å². The molecule has 1 saturated heterocycles. The molecule has 1 saturated carbocycles. The number of rotatable bonds is 3. The quantitative estimate of drug-likeness (QED) is 0.873. The van der Waals surface area contributed by atoms with Crippen LogP contribution in [0, 0.1) is 11.3 Å². The molecule has 2 fully saturated rings. The number of carboxylic acid groups (broad SMARTS) is 1. The van der Waals surface area contributed by atoms with Crippen LogP contribution in [-0.4, -0.2) is 46.7 Å². The average molecular weight is 386 g/mol. The minimum absolute atomic E-state index is 0.0810. The van der Waals surface area contributed by atoms with Crippen molar-refractivity contribution in [2.24, 2.45) is 11.3 Å². The second kappa shape index (κ2) is 5.95. The summed E-state index contributed by atoms with van der Waals surface area (Å²) >= 11 is 1.42. The van der Waals surface area contributed by atoms with Crippen molar-refractivity contribution in [2.45, 2.75) is 19.3 Å². The monoisotopic (exact) mass is 386 g/mol. The van der Waals surface area contributed by atoms with Crippen molar-refractivity contribution in [3.05, 3.63) is 29.3 Å². The Morgan fingerprint density at radius 2 is 2.00 bits per heavy atom. The van der Waals surface area contributed by atoms with Crippen LogP contribution in [0.25, 0.3) is 10.6 Å². The first-order valence-corrected chi connectivity index (χ1v) is 9.81. The van der Waals surface area contributed by atoms with Gasteiger partial charge in [-0.15, -0.1) is 11.3 Å². The molecule has 1 aromatic heterocycles. The van der Waals surface area contributed by atoms with Gasteiger partial charge in [0.1, 0.15) is 10.7 Å². The van der Waals surface area contributed by atoms with Gasteiger partial charge < -0.3 is 19.5 Å². The van der Waals surface area contributed by atoms with Gasteiger partial charge in [0.2, 0.25) is 6.79 Å². The van der Waals surface area contributed by atoms with Crippen molar-refractivity contribution < 1.29 is 24.2 Å². The maximum atomic E-state index is 12.8. The summed E-state index contributed by atoms with van der Waals surface area (Å²) < 4.78 is 10.7. The van der Waals surface area contributed by atoms with Gasteiger partial charge in [0.25, 0.3) is 5.91 Å². The molecule has 3 aliphatic rings. The first-order valence-electron chi connectivity index (χ1n) is 8.93. The van der Waals surface area contributed by atoms with Gasteiger partial charge in [-0.1, -0.05) is 0 Å². The third kappa shape index (κ3) is 2.75. The minimum atomic E-state index is -0.706. The molecule has 1 spiro atoms. The molecule has 1 aromatic carbocycles. The molecule has 27 heavy (non-hydrogen) atoms. The Bertz CT molecular complexity index is 932. The number of ether oxygens (including phenoxy) is 2. The summed E-state index contributed by atoms with van der Waals surface area (Å²) in [6.45, 7) is 1.42. The number of likely N-dealkylation sites (tertiary alicyclic amines) is 1. The molecule has 0 radical (unpaired) electrons. The van der Waals surface area contributed by atoms with E-state index in [0.29, 0.717) is 30.3 Å². The van der Waals surface area contributed by atoms with Gasteiger partial charge in [0, 0.05) is 24.0 Å². The fourth-order valence-corrected chi connectivity index (χ4v) is 4.89. The smallest absolute Gasteiger partial charge is 0.307 e. The Morgan fingerprint density at radius 3 is 2.74 bits per heavy atom. The molecule has 1 atom stereocenters. The van der Waals surface area contributed by atoms with Crippen molar-refractivity contribution in [2.75, 3.05) is 19.9 Å². The topological polar surface area (TPSA) is 89.0 Å². The van der Waals surface area contributed by atoms with Crippen molar-refractivity contribution in [3.8, 4) is 22.1 Å². The lowest BCUT2D eigenvalue weighted by Gasteiger charge is -2.32. The normalized spacial score (nSPS) is 22.1. The minimum Gasteiger partial charge on any atom is -0.481 e. The van der Waals surface area contributed by atoms with Crippen molar-refractivity contribution in [1.82, 2.24) is 9.88 Å². The summed E-state index contributed by atoms with van der Waals surface area (Å²) in [4.78, 5) is 30.3. The van der Waals surface area contributed by atoms with Crippen LogP contribution in [0.5, 0.6) is 11.5 Å². The lowest BCUT2D eigenvalue weighted by Crippen LogP contribution is -2.40. The van der Waals surface area contributed by atoms with Crippen LogP contribution in [0.4, 0.5) is 0 Å². The zero-order chi connectivity index (χ0) is 18.6. The molecule has 1 aliphatic carbocycles. The van der Waals surface area contributed by atoms with Crippen molar-refractivity contribution >= 4 is 23.2 Å². The summed E-state index contributed by atoms with van der Waals surface area (Å²) in [5.41, 5.74) is 1.25. The number of piperidine rings is 1. The third-order valence-electron chi connectivity index (χ3n) is 5.88. The molecule has 1 unspecified atom stereocenters. The number of carbonyl (C=O) groups is 2. The summed E-state index contributed by atoms with van der Waals surface area (Å²) in [7, 11) is 0. The number of hydrogen-bond acceptors (Lipinski definition) is 6. The summed E-state index contributed by atoms with van der Waals surface area (Å²) in [5, 5.41) is 11.7. The molecular weight excluding hydrogens is 368 g/mol. The van der Waals surface area contributed by atoms with Gasteiger partial charge in [-0.3, -0.25) is 9.59 Å². The highest BCUT2D eigenvalue weighted by atomic mass is 32.1.